The second-order valence-corrected chi connectivity index (χ2v) is 8.77. The van der Waals surface area contributed by atoms with Crippen LogP contribution in [-0.2, 0) is 44.7 Å². The lowest BCUT2D eigenvalue weighted by Gasteiger charge is -2.17. The minimum atomic E-state index is -1.23. The lowest BCUT2D eigenvalue weighted by atomic mass is 9.95. The molecule has 0 aliphatic heterocycles. The number of ether oxygens (including phenoxy) is 2. The first-order chi connectivity index (χ1) is 18.2. The Morgan fingerprint density at radius 2 is 1.13 bits per heavy atom. The Morgan fingerprint density at radius 3 is 1.53 bits per heavy atom. The Hall–Kier alpha value is -3.72. The molecule has 9 nitrogen and oxygen atoms in total. The first kappa shape index (κ1) is 30.5. The molecule has 0 aliphatic carbocycles. The lowest BCUT2D eigenvalue weighted by molar-refractivity contribution is -0.140. The summed E-state index contributed by atoms with van der Waals surface area (Å²) < 4.78 is 10.1. The fraction of sp³-hybridized carbons (Fsp3) is 0.448. The van der Waals surface area contributed by atoms with Gasteiger partial charge in [-0.15, -0.1) is 0 Å². The highest BCUT2D eigenvalue weighted by molar-refractivity contribution is 6.00. The van der Waals surface area contributed by atoms with E-state index in [1.807, 2.05) is 34.7 Å². The molecule has 9 heteroatoms. The summed E-state index contributed by atoms with van der Waals surface area (Å²) in [5.41, 5.74) is 11.9. The summed E-state index contributed by atoms with van der Waals surface area (Å²) in [5, 5.41) is 6.21. The molecule has 2 aromatic rings. The van der Waals surface area contributed by atoms with E-state index in [9.17, 15) is 19.2 Å². The van der Waals surface area contributed by atoms with E-state index in [-0.39, 0.29) is 12.8 Å². The van der Waals surface area contributed by atoms with Crippen LogP contribution < -0.4 is 16.4 Å². The number of benzene rings is 2. The fourth-order valence-electron chi connectivity index (χ4n) is 4.67. The normalized spacial score (nSPS) is 11.4. The number of hydrogen-bond donors (Lipinski definition) is 3. The van der Waals surface area contributed by atoms with Gasteiger partial charge in [-0.25, -0.2) is 14.4 Å². The van der Waals surface area contributed by atoms with Crippen LogP contribution in [0.5, 0.6) is 0 Å². The first-order valence-electron chi connectivity index (χ1n) is 13.1. The number of carbonyl (C=O) groups excluding carboxylic acids is 4. The van der Waals surface area contributed by atoms with E-state index in [4.69, 9.17) is 15.2 Å². The summed E-state index contributed by atoms with van der Waals surface area (Å²) in [6.45, 7) is 7.83. The number of anilines is 2. The summed E-state index contributed by atoms with van der Waals surface area (Å²) in [5.74, 6) is -3.30. The third kappa shape index (κ3) is 6.98. The summed E-state index contributed by atoms with van der Waals surface area (Å²) >= 11 is 0. The maximum Gasteiger partial charge on any atom is 0.346 e. The second-order valence-electron chi connectivity index (χ2n) is 8.77. The predicted octanol–water partition coefficient (Wildman–Crippen LogP) is 4.19. The van der Waals surface area contributed by atoms with Gasteiger partial charge in [0.15, 0.2) is 0 Å². The fourth-order valence-corrected chi connectivity index (χ4v) is 4.67. The molecule has 0 saturated carbocycles. The van der Waals surface area contributed by atoms with Crippen LogP contribution in [0.4, 0.5) is 11.4 Å². The molecule has 0 spiro atoms. The van der Waals surface area contributed by atoms with Crippen molar-refractivity contribution in [3.05, 3.63) is 57.6 Å². The van der Waals surface area contributed by atoms with Crippen LogP contribution in [0.3, 0.4) is 0 Å². The molecular formula is C29H39N3O6. The summed E-state index contributed by atoms with van der Waals surface area (Å²) in [7, 11) is 3.61. The van der Waals surface area contributed by atoms with E-state index in [2.05, 4.69) is 10.6 Å². The average Bonchev–Trinajstić information content (AvgIpc) is 2.93. The summed E-state index contributed by atoms with van der Waals surface area (Å²) in [6, 6.07) is 5.56. The number of nitrogens with one attached hydrogen (secondary N) is 2. The van der Waals surface area contributed by atoms with Gasteiger partial charge in [0, 0.05) is 31.9 Å². The maximum atomic E-state index is 12.7. The minimum Gasteiger partial charge on any atom is -0.389 e. The quantitative estimate of drug-likeness (QED) is 0.275. The average molecular weight is 526 g/mol. The summed E-state index contributed by atoms with van der Waals surface area (Å²) in [6.07, 6.45) is 2.16. The maximum absolute atomic E-state index is 12.7. The van der Waals surface area contributed by atoms with Gasteiger partial charge in [0.2, 0.25) is 0 Å². The van der Waals surface area contributed by atoms with Gasteiger partial charge in [0.1, 0.15) is 6.04 Å². The Balaban J connectivity index is 2.01. The molecule has 206 valence electrons. The van der Waals surface area contributed by atoms with Gasteiger partial charge in [-0.3, -0.25) is 4.79 Å². The zero-order chi connectivity index (χ0) is 28.4. The molecule has 0 saturated heterocycles. The molecule has 0 fully saturated rings. The lowest BCUT2D eigenvalue weighted by Crippen LogP contribution is -2.34. The molecule has 4 N–H and O–H groups in total. The van der Waals surface area contributed by atoms with Crippen LogP contribution >= 0.6 is 0 Å². The van der Waals surface area contributed by atoms with Crippen LogP contribution in [0, 0.1) is 0 Å². The number of esters is 4. The molecule has 38 heavy (non-hydrogen) atoms. The highest BCUT2D eigenvalue weighted by Crippen LogP contribution is 2.27. The van der Waals surface area contributed by atoms with E-state index in [0.717, 1.165) is 33.6 Å². The molecular weight excluding hydrogens is 486 g/mol. The van der Waals surface area contributed by atoms with Crippen LogP contribution in [0.2, 0.25) is 0 Å². The zero-order valence-corrected chi connectivity index (χ0v) is 23.2. The van der Waals surface area contributed by atoms with Crippen molar-refractivity contribution in [2.75, 3.05) is 24.7 Å². The highest BCUT2D eigenvalue weighted by Gasteiger charge is 2.25. The third-order valence-electron chi connectivity index (χ3n) is 6.62. The van der Waals surface area contributed by atoms with Gasteiger partial charge in [0.25, 0.3) is 0 Å². The first-order valence-corrected chi connectivity index (χ1v) is 13.1. The van der Waals surface area contributed by atoms with Crippen LogP contribution in [0.1, 0.15) is 83.5 Å². The standard InChI is InChI=1S/C29H39N3O6/c1-7-17-19(9-3)24(31-5)14-11-21(17)27(34)37-26(33)16-13-23(30)29(36)38-28(35)22-12-15-25(32-6)20(10-4)18(22)8-2/h11-12,14-15,23,31-32H,7-10,13,16,30H2,1-6H3. The molecule has 2 aromatic carbocycles. The monoisotopic (exact) mass is 525 g/mol. The molecule has 0 radical (unpaired) electrons. The number of nitrogens with two attached hydrogens (primary N) is 1. The van der Waals surface area contributed by atoms with Crippen LogP contribution in [-0.4, -0.2) is 44.0 Å². The van der Waals surface area contributed by atoms with E-state index < -0.39 is 29.9 Å². The van der Waals surface area contributed by atoms with Crippen molar-refractivity contribution in [2.45, 2.75) is 72.3 Å². The van der Waals surface area contributed by atoms with E-state index in [1.165, 1.54) is 0 Å². The van der Waals surface area contributed by atoms with E-state index >= 15 is 0 Å². The van der Waals surface area contributed by atoms with Crippen LogP contribution in [0.15, 0.2) is 24.3 Å². The van der Waals surface area contributed by atoms with Crippen LogP contribution in [0.25, 0.3) is 0 Å². The number of carbonyl (C=O) groups is 4. The van der Waals surface area contributed by atoms with Crippen molar-refractivity contribution >= 4 is 35.3 Å². The Morgan fingerprint density at radius 1 is 0.711 bits per heavy atom. The van der Waals surface area contributed by atoms with Crippen molar-refractivity contribution < 1.29 is 28.7 Å². The molecule has 1 atom stereocenters. The molecule has 2 rings (SSSR count). The Kier molecular flexibility index (Phi) is 11.5. The van der Waals surface area contributed by atoms with Gasteiger partial charge in [-0.1, -0.05) is 27.7 Å². The van der Waals surface area contributed by atoms with E-state index in [1.54, 1.807) is 31.3 Å². The minimum absolute atomic E-state index is 0.142. The predicted molar refractivity (Wildman–Crippen MR) is 148 cm³/mol. The van der Waals surface area contributed by atoms with Gasteiger partial charge >= 0.3 is 23.9 Å². The smallest absolute Gasteiger partial charge is 0.346 e. The molecule has 0 aliphatic rings. The van der Waals surface area contributed by atoms with Crippen molar-refractivity contribution in [3.8, 4) is 0 Å². The number of rotatable bonds is 12. The molecule has 0 heterocycles. The van der Waals surface area contributed by atoms with Crippen molar-refractivity contribution in [1.82, 2.24) is 0 Å². The Bertz CT molecular complexity index is 1190. The molecule has 0 bridgehead atoms. The van der Waals surface area contributed by atoms with Crippen molar-refractivity contribution in [2.24, 2.45) is 5.73 Å². The van der Waals surface area contributed by atoms with Gasteiger partial charge in [-0.2, -0.15) is 0 Å². The van der Waals surface area contributed by atoms with Gasteiger partial charge in [0.05, 0.1) is 11.1 Å². The molecule has 0 aromatic heterocycles. The largest absolute Gasteiger partial charge is 0.389 e. The van der Waals surface area contributed by atoms with E-state index in [0.29, 0.717) is 36.8 Å². The SMILES string of the molecule is CCc1c(NC)ccc(C(=O)OC(=O)CCC(N)C(=O)OC(=O)c2ccc(NC)c(CC)c2CC)c1CC. The van der Waals surface area contributed by atoms with Crippen molar-refractivity contribution in [3.63, 3.8) is 0 Å². The zero-order valence-electron chi connectivity index (χ0n) is 23.2. The highest BCUT2D eigenvalue weighted by atomic mass is 16.6. The molecule has 0 amide bonds. The summed E-state index contributed by atoms with van der Waals surface area (Å²) in [4.78, 5) is 50.3. The van der Waals surface area contributed by atoms with Gasteiger partial charge in [-0.05, 0) is 78.6 Å². The van der Waals surface area contributed by atoms with Gasteiger partial charge < -0.3 is 25.8 Å². The third-order valence-corrected chi connectivity index (χ3v) is 6.62. The second kappa shape index (κ2) is 14.3. The number of hydrogen-bond acceptors (Lipinski definition) is 9. The van der Waals surface area contributed by atoms with Crippen molar-refractivity contribution in [1.29, 1.82) is 0 Å². The molecule has 1 unspecified atom stereocenters. The topological polar surface area (TPSA) is 137 Å². The Labute approximate surface area is 224 Å².